The summed E-state index contributed by atoms with van der Waals surface area (Å²) < 4.78 is 5.29. The first-order valence-electron chi connectivity index (χ1n) is 7.08. The molecule has 0 radical (unpaired) electrons. The third kappa shape index (κ3) is 2.90. The normalized spacial score (nSPS) is 22.6. The van der Waals surface area contributed by atoms with Gasteiger partial charge in [0.05, 0.1) is 0 Å². The molecule has 4 nitrogen and oxygen atoms in total. The molecule has 2 aromatic rings. The fourth-order valence-electron chi connectivity index (χ4n) is 2.70. The van der Waals surface area contributed by atoms with E-state index < -0.39 is 0 Å². The van der Waals surface area contributed by atoms with E-state index in [0.717, 1.165) is 23.0 Å². The van der Waals surface area contributed by atoms with Crippen LogP contribution < -0.4 is 5.73 Å². The zero-order valence-electron chi connectivity index (χ0n) is 11.6. The number of benzene rings is 1. The van der Waals surface area contributed by atoms with E-state index in [1.165, 1.54) is 19.3 Å². The number of nitrogens with two attached hydrogens (primary N) is 1. The molecule has 0 amide bonds. The van der Waals surface area contributed by atoms with Crippen molar-refractivity contribution in [2.75, 3.05) is 5.73 Å². The highest BCUT2D eigenvalue weighted by Gasteiger charge is 2.26. The number of nitrogens with zero attached hydrogens (tertiary/aromatic N) is 2. The first-order chi connectivity index (χ1) is 9.70. The van der Waals surface area contributed by atoms with E-state index in [1.807, 2.05) is 36.4 Å². The van der Waals surface area contributed by atoms with E-state index in [4.69, 9.17) is 10.3 Å². The second-order valence-electron chi connectivity index (χ2n) is 5.61. The fraction of sp³-hybridized carbons (Fsp3) is 0.375. The van der Waals surface area contributed by atoms with Crippen molar-refractivity contribution in [2.24, 2.45) is 5.92 Å². The molecule has 104 valence electrons. The minimum Gasteiger partial charge on any atom is -0.399 e. The van der Waals surface area contributed by atoms with Crippen LogP contribution in [0.3, 0.4) is 0 Å². The second-order valence-corrected chi connectivity index (χ2v) is 5.61. The quantitative estimate of drug-likeness (QED) is 0.862. The van der Waals surface area contributed by atoms with Crippen LogP contribution in [0.4, 0.5) is 5.69 Å². The van der Waals surface area contributed by atoms with Crippen LogP contribution in [0.15, 0.2) is 28.8 Å². The third-order valence-electron chi connectivity index (χ3n) is 3.87. The average Bonchev–Trinajstić information content (AvgIpc) is 3.07. The second kappa shape index (κ2) is 5.49. The van der Waals surface area contributed by atoms with Gasteiger partial charge in [0.25, 0.3) is 5.89 Å². The van der Waals surface area contributed by atoms with Crippen molar-refractivity contribution in [3.05, 3.63) is 41.5 Å². The summed E-state index contributed by atoms with van der Waals surface area (Å²) in [7, 11) is 0. The number of rotatable bonds is 3. The fourth-order valence-corrected chi connectivity index (χ4v) is 2.70. The summed E-state index contributed by atoms with van der Waals surface area (Å²) in [5, 5.41) is 4.10. The molecule has 1 aliphatic rings. The lowest BCUT2D eigenvalue weighted by Gasteiger charge is -2.01. The van der Waals surface area contributed by atoms with Crippen LogP contribution in [0.2, 0.25) is 0 Å². The summed E-state index contributed by atoms with van der Waals surface area (Å²) in [4.78, 5) is 4.47. The van der Waals surface area contributed by atoms with Crippen molar-refractivity contribution in [2.45, 2.75) is 32.1 Å². The van der Waals surface area contributed by atoms with Gasteiger partial charge in [-0.15, -0.1) is 0 Å². The zero-order valence-corrected chi connectivity index (χ0v) is 11.6. The maximum atomic E-state index is 5.65. The highest BCUT2D eigenvalue weighted by atomic mass is 16.5. The van der Waals surface area contributed by atoms with Crippen LogP contribution in [0.5, 0.6) is 0 Å². The molecule has 1 saturated carbocycles. The molecule has 0 bridgehead atoms. The first-order valence-corrected chi connectivity index (χ1v) is 7.08. The average molecular weight is 269 g/mol. The lowest BCUT2D eigenvalue weighted by molar-refractivity contribution is 0.397. The molecule has 4 heteroatoms. The summed E-state index contributed by atoms with van der Waals surface area (Å²) in [6.07, 6.45) is 7.40. The molecule has 2 N–H and O–H groups in total. The lowest BCUT2D eigenvalue weighted by atomic mass is 10.1. The standard InChI is InChI=1S/C16H19N3O/c1-11-2-6-13(10-11)16-18-15(20-19-16)9-5-12-3-7-14(17)8-4-12/h3-5,7-9,11,13H,2,6,10,17H2,1H3/b9-5+. The maximum absolute atomic E-state index is 5.65. The van der Waals surface area contributed by atoms with Gasteiger partial charge in [0.2, 0.25) is 0 Å². The Hall–Kier alpha value is -2.10. The first kappa shape index (κ1) is 12.9. The predicted molar refractivity (Wildman–Crippen MR) is 79.8 cm³/mol. The maximum Gasteiger partial charge on any atom is 0.250 e. The van der Waals surface area contributed by atoms with Crippen molar-refractivity contribution in [1.82, 2.24) is 10.1 Å². The molecular formula is C16H19N3O. The monoisotopic (exact) mass is 269 g/mol. The molecule has 3 rings (SSSR count). The van der Waals surface area contributed by atoms with Gasteiger partial charge in [-0.05, 0) is 49.0 Å². The Morgan fingerprint density at radius 1 is 1.20 bits per heavy atom. The largest absolute Gasteiger partial charge is 0.399 e. The van der Waals surface area contributed by atoms with Gasteiger partial charge in [-0.2, -0.15) is 4.98 Å². The SMILES string of the molecule is CC1CCC(c2noc(/C=C/c3ccc(N)cc3)n2)C1. The lowest BCUT2D eigenvalue weighted by Crippen LogP contribution is -1.95. The van der Waals surface area contributed by atoms with Crippen molar-refractivity contribution in [1.29, 1.82) is 0 Å². The molecule has 1 aromatic heterocycles. The van der Waals surface area contributed by atoms with E-state index in [9.17, 15) is 0 Å². The van der Waals surface area contributed by atoms with Crippen molar-refractivity contribution >= 4 is 17.8 Å². The van der Waals surface area contributed by atoms with Gasteiger partial charge in [0.15, 0.2) is 5.82 Å². The van der Waals surface area contributed by atoms with Gasteiger partial charge in [0.1, 0.15) is 0 Å². The highest BCUT2D eigenvalue weighted by Crippen LogP contribution is 2.36. The van der Waals surface area contributed by atoms with E-state index in [1.54, 1.807) is 0 Å². The number of hydrogen-bond donors (Lipinski definition) is 1. The van der Waals surface area contributed by atoms with Crippen LogP contribution >= 0.6 is 0 Å². The molecule has 1 aromatic carbocycles. The Morgan fingerprint density at radius 2 is 2.00 bits per heavy atom. The summed E-state index contributed by atoms with van der Waals surface area (Å²) >= 11 is 0. The van der Waals surface area contributed by atoms with Crippen molar-refractivity contribution in [3.8, 4) is 0 Å². The Bertz CT molecular complexity index is 600. The summed E-state index contributed by atoms with van der Waals surface area (Å²) in [6, 6.07) is 7.67. The van der Waals surface area contributed by atoms with Crippen LogP contribution in [-0.4, -0.2) is 10.1 Å². The summed E-state index contributed by atoms with van der Waals surface area (Å²) in [5.74, 6) is 2.65. The molecule has 2 unspecified atom stereocenters. The Balaban J connectivity index is 1.69. The summed E-state index contributed by atoms with van der Waals surface area (Å²) in [6.45, 7) is 2.28. The Labute approximate surface area is 118 Å². The molecule has 1 fully saturated rings. The van der Waals surface area contributed by atoms with E-state index in [0.29, 0.717) is 11.8 Å². The van der Waals surface area contributed by atoms with Gasteiger partial charge in [-0.1, -0.05) is 24.2 Å². The molecule has 1 heterocycles. The van der Waals surface area contributed by atoms with Gasteiger partial charge < -0.3 is 10.3 Å². The molecule has 20 heavy (non-hydrogen) atoms. The van der Waals surface area contributed by atoms with Gasteiger partial charge >= 0.3 is 0 Å². The topological polar surface area (TPSA) is 64.9 Å². The minimum absolute atomic E-state index is 0.465. The smallest absolute Gasteiger partial charge is 0.250 e. The number of anilines is 1. The molecule has 0 aliphatic heterocycles. The van der Waals surface area contributed by atoms with Crippen molar-refractivity contribution in [3.63, 3.8) is 0 Å². The predicted octanol–water partition coefficient (Wildman–Crippen LogP) is 3.73. The third-order valence-corrected chi connectivity index (χ3v) is 3.87. The van der Waals surface area contributed by atoms with Crippen LogP contribution in [0, 0.1) is 5.92 Å². The van der Waals surface area contributed by atoms with Crippen LogP contribution in [-0.2, 0) is 0 Å². The summed E-state index contributed by atoms with van der Waals surface area (Å²) in [5.41, 5.74) is 7.48. The molecule has 0 spiro atoms. The van der Waals surface area contributed by atoms with Crippen LogP contribution in [0.1, 0.15) is 49.4 Å². The zero-order chi connectivity index (χ0) is 13.9. The van der Waals surface area contributed by atoms with E-state index >= 15 is 0 Å². The number of aromatic nitrogens is 2. The van der Waals surface area contributed by atoms with E-state index in [-0.39, 0.29) is 0 Å². The van der Waals surface area contributed by atoms with Gasteiger partial charge in [-0.3, -0.25) is 0 Å². The van der Waals surface area contributed by atoms with Crippen LogP contribution in [0.25, 0.3) is 12.2 Å². The van der Waals surface area contributed by atoms with E-state index in [2.05, 4.69) is 17.1 Å². The Morgan fingerprint density at radius 3 is 2.70 bits per heavy atom. The highest BCUT2D eigenvalue weighted by molar-refractivity contribution is 5.66. The van der Waals surface area contributed by atoms with Gasteiger partial charge in [-0.25, -0.2) is 0 Å². The Kier molecular flexibility index (Phi) is 3.54. The van der Waals surface area contributed by atoms with Crippen molar-refractivity contribution < 1.29 is 4.52 Å². The molecule has 0 saturated heterocycles. The number of hydrogen-bond acceptors (Lipinski definition) is 4. The molecule has 1 aliphatic carbocycles. The van der Waals surface area contributed by atoms with Gasteiger partial charge in [0, 0.05) is 17.7 Å². The molecule has 2 atom stereocenters. The minimum atomic E-state index is 0.465. The number of nitrogen functional groups attached to an aromatic ring is 1. The molecular weight excluding hydrogens is 250 g/mol.